The Kier molecular flexibility index (Phi) is 3.78. The van der Waals surface area contributed by atoms with E-state index in [0.717, 1.165) is 24.7 Å². The molecule has 1 unspecified atom stereocenters. The molecule has 0 amide bonds. The molecule has 1 aromatic heterocycles. The summed E-state index contributed by atoms with van der Waals surface area (Å²) in [5.41, 5.74) is 2.45. The van der Waals surface area contributed by atoms with Gasteiger partial charge in [-0.15, -0.1) is 0 Å². The van der Waals surface area contributed by atoms with Gasteiger partial charge in [-0.1, -0.05) is 12.2 Å². The number of hydrogen-bond acceptors (Lipinski definition) is 2. The van der Waals surface area contributed by atoms with E-state index in [1.54, 1.807) is 0 Å². The molecule has 0 spiro atoms. The van der Waals surface area contributed by atoms with Crippen LogP contribution in [-0.4, -0.2) is 16.3 Å². The van der Waals surface area contributed by atoms with Gasteiger partial charge in [0.05, 0.1) is 5.69 Å². The van der Waals surface area contributed by atoms with Crippen LogP contribution in [0.1, 0.15) is 30.5 Å². The first-order valence-corrected chi connectivity index (χ1v) is 6.10. The molecule has 1 atom stereocenters. The number of nitrogens with zero attached hydrogens (tertiary/aromatic N) is 2. The van der Waals surface area contributed by atoms with Gasteiger partial charge >= 0.3 is 0 Å². The van der Waals surface area contributed by atoms with Gasteiger partial charge in [-0.2, -0.15) is 5.10 Å². The summed E-state index contributed by atoms with van der Waals surface area (Å²) in [4.78, 5) is 0. The van der Waals surface area contributed by atoms with Crippen molar-refractivity contribution < 1.29 is 0 Å². The van der Waals surface area contributed by atoms with Crippen molar-refractivity contribution in [1.82, 2.24) is 15.1 Å². The molecule has 1 aromatic rings. The summed E-state index contributed by atoms with van der Waals surface area (Å²) < 4.78 is 1.88. The molecule has 1 heterocycles. The summed E-state index contributed by atoms with van der Waals surface area (Å²) >= 11 is 0. The molecule has 88 valence electrons. The summed E-state index contributed by atoms with van der Waals surface area (Å²) in [5.74, 6) is 0.821. The zero-order valence-corrected chi connectivity index (χ0v) is 10.2. The van der Waals surface area contributed by atoms with E-state index >= 15 is 0 Å². The molecule has 1 N–H and O–H groups in total. The minimum atomic E-state index is 0.821. The van der Waals surface area contributed by atoms with Crippen LogP contribution >= 0.6 is 0 Å². The number of allylic oxidation sites excluding steroid dienone is 2. The zero-order chi connectivity index (χ0) is 11.4. The second-order valence-electron chi connectivity index (χ2n) is 4.69. The summed E-state index contributed by atoms with van der Waals surface area (Å²) in [6, 6.07) is 0. The third-order valence-corrected chi connectivity index (χ3v) is 3.24. The highest BCUT2D eigenvalue weighted by atomic mass is 15.2. The average Bonchev–Trinajstić information content (AvgIpc) is 2.59. The third-order valence-electron chi connectivity index (χ3n) is 3.24. The monoisotopic (exact) mass is 219 g/mol. The van der Waals surface area contributed by atoms with Crippen molar-refractivity contribution in [1.29, 1.82) is 0 Å². The smallest absolute Gasteiger partial charge is 0.0638 e. The first-order chi connectivity index (χ1) is 7.75. The van der Waals surface area contributed by atoms with Crippen LogP contribution in [0.3, 0.4) is 0 Å². The Labute approximate surface area is 97.5 Å². The third kappa shape index (κ3) is 2.95. The Morgan fingerprint density at radius 3 is 3.00 bits per heavy atom. The van der Waals surface area contributed by atoms with Crippen molar-refractivity contribution in [2.24, 2.45) is 13.0 Å². The lowest BCUT2D eigenvalue weighted by Gasteiger charge is -2.17. The maximum atomic E-state index is 4.34. The number of rotatable bonds is 4. The van der Waals surface area contributed by atoms with E-state index in [1.807, 2.05) is 11.7 Å². The number of aromatic nitrogens is 2. The van der Waals surface area contributed by atoms with Crippen molar-refractivity contribution in [3.8, 4) is 0 Å². The molecule has 1 aliphatic rings. The number of nitrogens with one attached hydrogen (secondary N) is 1. The lowest BCUT2D eigenvalue weighted by molar-refractivity contribution is 0.440. The molecule has 0 saturated heterocycles. The van der Waals surface area contributed by atoms with Crippen molar-refractivity contribution in [3.63, 3.8) is 0 Å². The highest BCUT2D eigenvalue weighted by molar-refractivity contribution is 5.14. The molecule has 0 bridgehead atoms. The molecule has 0 fully saturated rings. The Balaban J connectivity index is 1.75. The lowest BCUT2D eigenvalue weighted by Crippen LogP contribution is -2.23. The van der Waals surface area contributed by atoms with Crippen LogP contribution in [0.5, 0.6) is 0 Å². The van der Waals surface area contributed by atoms with Crippen molar-refractivity contribution in [2.75, 3.05) is 6.54 Å². The van der Waals surface area contributed by atoms with E-state index in [0.29, 0.717) is 0 Å². The molecule has 0 aromatic carbocycles. The molecule has 2 rings (SSSR count). The van der Waals surface area contributed by atoms with Gasteiger partial charge in [-0.3, -0.25) is 4.68 Å². The maximum Gasteiger partial charge on any atom is 0.0638 e. The number of hydrogen-bond donors (Lipinski definition) is 1. The van der Waals surface area contributed by atoms with Crippen LogP contribution in [0.2, 0.25) is 0 Å². The quantitative estimate of drug-likeness (QED) is 0.787. The van der Waals surface area contributed by atoms with Gasteiger partial charge < -0.3 is 5.32 Å². The summed E-state index contributed by atoms with van der Waals surface area (Å²) in [6.45, 7) is 4.14. The minimum absolute atomic E-state index is 0.821. The molecule has 3 heteroatoms. The molecule has 0 saturated carbocycles. The maximum absolute atomic E-state index is 4.34. The molecule has 3 nitrogen and oxygen atoms in total. The highest BCUT2D eigenvalue weighted by Gasteiger charge is 2.09. The van der Waals surface area contributed by atoms with Gasteiger partial charge in [0.1, 0.15) is 0 Å². The predicted molar refractivity (Wildman–Crippen MR) is 66.1 cm³/mol. The van der Waals surface area contributed by atoms with E-state index in [2.05, 4.69) is 35.7 Å². The average molecular weight is 219 g/mol. The summed E-state index contributed by atoms with van der Waals surface area (Å²) in [7, 11) is 1.97. The SMILES string of the molecule is Cc1nn(C)cc1CNCC1CC=CCC1. The second-order valence-corrected chi connectivity index (χ2v) is 4.69. The Hall–Kier alpha value is -1.09. The van der Waals surface area contributed by atoms with Gasteiger partial charge in [0.2, 0.25) is 0 Å². The Morgan fingerprint density at radius 1 is 1.50 bits per heavy atom. The second kappa shape index (κ2) is 5.30. The predicted octanol–water partition coefficient (Wildman–Crippen LogP) is 2.17. The van der Waals surface area contributed by atoms with Crippen LogP contribution < -0.4 is 5.32 Å². The van der Waals surface area contributed by atoms with E-state index in [1.165, 1.54) is 24.8 Å². The summed E-state index contributed by atoms with van der Waals surface area (Å²) in [5, 5.41) is 7.88. The van der Waals surface area contributed by atoms with E-state index in [4.69, 9.17) is 0 Å². The van der Waals surface area contributed by atoms with Crippen LogP contribution in [0, 0.1) is 12.8 Å². The van der Waals surface area contributed by atoms with Crippen molar-refractivity contribution in [2.45, 2.75) is 32.7 Å². The molecule has 0 aliphatic heterocycles. The standard InChI is InChI=1S/C13H21N3/c1-11-13(10-16(2)15-11)9-14-8-12-6-4-3-5-7-12/h3-4,10,12,14H,5-9H2,1-2H3. The normalized spacial score (nSPS) is 20.2. The van der Waals surface area contributed by atoms with Gasteiger partial charge in [-0.05, 0) is 38.6 Å². The van der Waals surface area contributed by atoms with E-state index in [-0.39, 0.29) is 0 Å². The van der Waals surface area contributed by atoms with Gasteiger partial charge in [-0.25, -0.2) is 0 Å². The van der Waals surface area contributed by atoms with Gasteiger partial charge in [0.25, 0.3) is 0 Å². The van der Waals surface area contributed by atoms with Crippen molar-refractivity contribution in [3.05, 3.63) is 29.6 Å². The molecular formula is C13H21N3. The minimum Gasteiger partial charge on any atom is -0.312 e. The lowest BCUT2D eigenvalue weighted by atomic mass is 9.94. The Morgan fingerprint density at radius 2 is 2.38 bits per heavy atom. The molecular weight excluding hydrogens is 198 g/mol. The van der Waals surface area contributed by atoms with Gasteiger partial charge in [0, 0.05) is 25.4 Å². The first-order valence-electron chi connectivity index (χ1n) is 6.10. The van der Waals surface area contributed by atoms with E-state index in [9.17, 15) is 0 Å². The Bertz CT molecular complexity index is 365. The highest BCUT2D eigenvalue weighted by Crippen LogP contribution is 2.17. The van der Waals surface area contributed by atoms with E-state index < -0.39 is 0 Å². The van der Waals surface area contributed by atoms with Crippen LogP contribution in [0.15, 0.2) is 18.3 Å². The number of aryl methyl sites for hydroxylation is 2. The van der Waals surface area contributed by atoms with Crippen LogP contribution in [0.4, 0.5) is 0 Å². The van der Waals surface area contributed by atoms with Crippen molar-refractivity contribution >= 4 is 0 Å². The fourth-order valence-electron chi connectivity index (χ4n) is 2.27. The fraction of sp³-hybridized carbons (Fsp3) is 0.615. The van der Waals surface area contributed by atoms with Crippen LogP contribution in [0.25, 0.3) is 0 Å². The van der Waals surface area contributed by atoms with Crippen LogP contribution in [-0.2, 0) is 13.6 Å². The fourth-order valence-corrected chi connectivity index (χ4v) is 2.27. The van der Waals surface area contributed by atoms with Gasteiger partial charge in [0.15, 0.2) is 0 Å². The molecule has 0 radical (unpaired) electrons. The summed E-state index contributed by atoms with van der Waals surface area (Å²) in [6.07, 6.45) is 10.5. The zero-order valence-electron chi connectivity index (χ0n) is 10.2. The first kappa shape index (κ1) is 11.4. The topological polar surface area (TPSA) is 29.9 Å². The largest absolute Gasteiger partial charge is 0.312 e. The molecule has 16 heavy (non-hydrogen) atoms. The molecule has 1 aliphatic carbocycles.